The largest absolute Gasteiger partial charge is 0.478 e. The van der Waals surface area contributed by atoms with Gasteiger partial charge in [-0.2, -0.15) is 0 Å². The Hall–Kier alpha value is -2.15. The van der Waals surface area contributed by atoms with Gasteiger partial charge in [-0.05, 0) is 30.0 Å². The number of nitrogens with zero attached hydrogens (tertiary/aromatic N) is 2. The summed E-state index contributed by atoms with van der Waals surface area (Å²) in [7, 11) is 0. The van der Waals surface area contributed by atoms with Crippen molar-refractivity contribution in [3.63, 3.8) is 0 Å². The fourth-order valence-electron chi connectivity index (χ4n) is 2.09. The Balaban J connectivity index is 2.01. The monoisotopic (exact) mass is 308 g/mol. The van der Waals surface area contributed by atoms with Crippen molar-refractivity contribution in [3.8, 4) is 0 Å². The van der Waals surface area contributed by atoms with Gasteiger partial charge in [-0.1, -0.05) is 0 Å². The highest BCUT2D eigenvalue weighted by atomic mass is 32.1. The summed E-state index contributed by atoms with van der Waals surface area (Å²) in [6.45, 7) is 3.85. The first-order valence-corrected chi connectivity index (χ1v) is 7.45. The van der Waals surface area contributed by atoms with Crippen LogP contribution in [0.5, 0.6) is 0 Å². The lowest BCUT2D eigenvalue weighted by molar-refractivity contribution is -0.156. The van der Waals surface area contributed by atoms with Crippen molar-refractivity contribution in [2.24, 2.45) is 0 Å². The number of carboxylic acids is 1. The van der Waals surface area contributed by atoms with E-state index in [2.05, 4.69) is 0 Å². The summed E-state index contributed by atoms with van der Waals surface area (Å²) in [6.07, 6.45) is 2.57. The van der Waals surface area contributed by atoms with Crippen LogP contribution in [0.4, 0.5) is 0 Å². The van der Waals surface area contributed by atoms with Gasteiger partial charge in [0.05, 0.1) is 6.54 Å². The summed E-state index contributed by atoms with van der Waals surface area (Å²) in [5, 5.41) is 10.4. The van der Waals surface area contributed by atoms with E-state index in [-0.39, 0.29) is 0 Å². The smallest absolute Gasteiger partial charge is 0.328 e. The van der Waals surface area contributed by atoms with Gasteiger partial charge in [0.25, 0.3) is 0 Å². The van der Waals surface area contributed by atoms with Crippen LogP contribution in [0.1, 0.15) is 17.4 Å². The molecule has 0 radical (unpaired) electrons. The van der Waals surface area contributed by atoms with Crippen LogP contribution in [0.2, 0.25) is 0 Å². The van der Waals surface area contributed by atoms with Crippen molar-refractivity contribution >= 4 is 35.2 Å². The Morgan fingerprint density at radius 2 is 2.00 bits per heavy atom. The van der Waals surface area contributed by atoms with Crippen LogP contribution < -0.4 is 0 Å². The number of hydrogen-bond acceptors (Lipinski definition) is 4. The van der Waals surface area contributed by atoms with E-state index in [0.29, 0.717) is 26.2 Å². The predicted molar refractivity (Wildman–Crippen MR) is 78.7 cm³/mol. The number of carbonyl (C=O) groups is 3. The van der Waals surface area contributed by atoms with Crippen molar-refractivity contribution in [2.75, 3.05) is 19.6 Å². The molecule has 1 aromatic rings. The van der Waals surface area contributed by atoms with Crippen molar-refractivity contribution in [2.45, 2.75) is 13.5 Å². The minimum atomic E-state index is -1.00. The summed E-state index contributed by atoms with van der Waals surface area (Å²) >= 11 is 1.44. The van der Waals surface area contributed by atoms with Crippen molar-refractivity contribution in [3.05, 3.63) is 28.0 Å². The lowest BCUT2D eigenvalue weighted by Crippen LogP contribution is -2.53. The first kappa shape index (κ1) is 15.2. The summed E-state index contributed by atoms with van der Waals surface area (Å²) in [5.41, 5.74) is 0.781. The Morgan fingerprint density at radius 1 is 1.33 bits per heavy atom. The van der Waals surface area contributed by atoms with Gasteiger partial charge in [-0.15, -0.1) is 11.3 Å². The molecule has 1 aromatic heterocycles. The fraction of sp³-hybridized carbons (Fsp3) is 0.357. The van der Waals surface area contributed by atoms with Crippen LogP contribution in [-0.4, -0.2) is 52.3 Å². The van der Waals surface area contributed by atoms with Gasteiger partial charge in [-0.3, -0.25) is 9.59 Å². The molecule has 0 spiro atoms. The van der Waals surface area contributed by atoms with Gasteiger partial charge < -0.3 is 14.9 Å². The predicted octanol–water partition coefficient (Wildman–Crippen LogP) is 1.04. The molecule has 2 rings (SSSR count). The molecule has 1 N–H and O–H groups in total. The standard InChI is InChI=1S/C14H16N2O4S/c1-2-15-5-6-16(14(20)13(15)19)8-11-7-10(9-21-11)3-4-12(17)18/h3-4,7,9H,2,5-6,8H2,1H3,(H,17,18). The molecule has 0 aliphatic carbocycles. The number of thiophene rings is 1. The van der Waals surface area contributed by atoms with Crippen LogP contribution in [0.25, 0.3) is 6.08 Å². The van der Waals surface area contributed by atoms with Gasteiger partial charge >= 0.3 is 17.8 Å². The van der Waals surface area contributed by atoms with Crippen molar-refractivity contribution < 1.29 is 19.5 Å². The topological polar surface area (TPSA) is 77.9 Å². The minimum absolute atomic E-state index is 0.383. The third-order valence-corrected chi connectivity index (χ3v) is 4.16. The van der Waals surface area contributed by atoms with Gasteiger partial charge in [0, 0.05) is 30.6 Å². The molecular weight excluding hydrogens is 292 g/mol. The molecule has 2 heterocycles. The zero-order valence-electron chi connectivity index (χ0n) is 11.6. The number of piperazine rings is 1. The summed E-state index contributed by atoms with van der Waals surface area (Å²) in [5.74, 6) is -1.93. The molecule has 1 fully saturated rings. The average molecular weight is 308 g/mol. The molecule has 0 atom stereocenters. The van der Waals surface area contributed by atoms with Gasteiger partial charge in [0.1, 0.15) is 0 Å². The quantitative estimate of drug-likeness (QED) is 0.651. The second-order valence-electron chi connectivity index (χ2n) is 4.63. The third-order valence-electron chi connectivity index (χ3n) is 3.22. The van der Waals surface area contributed by atoms with Crippen LogP contribution in [0.15, 0.2) is 17.5 Å². The van der Waals surface area contributed by atoms with Crippen LogP contribution in [0.3, 0.4) is 0 Å². The highest BCUT2D eigenvalue weighted by Crippen LogP contribution is 2.19. The number of hydrogen-bond donors (Lipinski definition) is 1. The number of carboxylic acid groups (broad SMARTS) is 1. The second-order valence-corrected chi connectivity index (χ2v) is 5.63. The molecule has 0 saturated carbocycles. The van der Waals surface area contributed by atoms with E-state index in [9.17, 15) is 14.4 Å². The fourth-order valence-corrected chi connectivity index (χ4v) is 2.96. The molecule has 112 valence electrons. The molecule has 0 bridgehead atoms. The maximum absolute atomic E-state index is 12.0. The average Bonchev–Trinajstić information content (AvgIpc) is 2.90. The van der Waals surface area contributed by atoms with E-state index in [0.717, 1.165) is 16.5 Å². The number of likely N-dealkylation sites (N-methyl/N-ethyl adjacent to an activating group) is 1. The zero-order chi connectivity index (χ0) is 15.4. The lowest BCUT2D eigenvalue weighted by atomic mass is 10.2. The van der Waals surface area contributed by atoms with Gasteiger partial charge in [0.15, 0.2) is 0 Å². The van der Waals surface area contributed by atoms with E-state index >= 15 is 0 Å². The zero-order valence-corrected chi connectivity index (χ0v) is 12.4. The van der Waals surface area contributed by atoms with E-state index in [1.807, 2.05) is 18.4 Å². The Labute approximate surface area is 126 Å². The summed E-state index contributed by atoms with van der Waals surface area (Å²) in [4.78, 5) is 38.2. The Kier molecular flexibility index (Phi) is 4.74. The van der Waals surface area contributed by atoms with Crippen LogP contribution >= 0.6 is 11.3 Å². The normalized spacial score (nSPS) is 16.0. The molecule has 0 aromatic carbocycles. The van der Waals surface area contributed by atoms with E-state index in [1.165, 1.54) is 27.2 Å². The SMILES string of the molecule is CCN1CCN(Cc2cc(C=CC(=O)O)cs2)C(=O)C1=O. The molecule has 0 unspecified atom stereocenters. The molecule has 1 aliphatic heterocycles. The summed E-state index contributed by atoms with van der Waals surface area (Å²) < 4.78 is 0. The first-order valence-electron chi connectivity index (χ1n) is 6.58. The first-order chi connectivity index (χ1) is 10.0. The molecule has 1 aliphatic rings. The number of rotatable bonds is 5. The highest BCUT2D eigenvalue weighted by molar-refractivity contribution is 7.10. The second kappa shape index (κ2) is 6.53. The van der Waals surface area contributed by atoms with E-state index in [4.69, 9.17) is 5.11 Å². The number of aliphatic carboxylic acids is 1. The minimum Gasteiger partial charge on any atom is -0.478 e. The molecule has 2 amide bonds. The maximum atomic E-state index is 12.0. The lowest BCUT2D eigenvalue weighted by Gasteiger charge is -2.32. The molecule has 6 nitrogen and oxygen atoms in total. The number of amides is 2. The van der Waals surface area contributed by atoms with Crippen molar-refractivity contribution in [1.82, 2.24) is 9.80 Å². The van der Waals surface area contributed by atoms with E-state index < -0.39 is 17.8 Å². The number of carbonyl (C=O) groups excluding carboxylic acids is 2. The van der Waals surface area contributed by atoms with E-state index in [1.54, 1.807) is 0 Å². The van der Waals surface area contributed by atoms with Gasteiger partial charge in [0.2, 0.25) is 0 Å². The molecule has 1 saturated heterocycles. The summed E-state index contributed by atoms with van der Waals surface area (Å²) in [6, 6.07) is 1.83. The molecule has 7 heteroatoms. The maximum Gasteiger partial charge on any atom is 0.328 e. The molecule has 21 heavy (non-hydrogen) atoms. The van der Waals surface area contributed by atoms with Gasteiger partial charge in [-0.25, -0.2) is 4.79 Å². The van der Waals surface area contributed by atoms with Crippen LogP contribution in [0, 0.1) is 0 Å². The Bertz CT molecular complexity index is 594. The Morgan fingerprint density at radius 3 is 2.67 bits per heavy atom. The molecular formula is C14H16N2O4S. The van der Waals surface area contributed by atoms with Crippen LogP contribution in [-0.2, 0) is 20.9 Å². The van der Waals surface area contributed by atoms with Crippen molar-refractivity contribution in [1.29, 1.82) is 0 Å². The highest BCUT2D eigenvalue weighted by Gasteiger charge is 2.31. The third kappa shape index (κ3) is 3.69.